The third-order valence-electron chi connectivity index (χ3n) is 2.82. The predicted octanol–water partition coefficient (Wildman–Crippen LogP) is 3.00. The molecule has 0 aliphatic rings. The summed E-state index contributed by atoms with van der Waals surface area (Å²) < 4.78 is 7.24. The predicted molar refractivity (Wildman–Crippen MR) is 69.1 cm³/mol. The first-order chi connectivity index (χ1) is 8.19. The van der Waals surface area contributed by atoms with Crippen LogP contribution in [0.1, 0.15) is 16.8 Å². The van der Waals surface area contributed by atoms with Gasteiger partial charge in [0, 0.05) is 31.1 Å². The highest BCUT2D eigenvalue weighted by molar-refractivity contribution is 6.20. The fourth-order valence-corrected chi connectivity index (χ4v) is 2.19. The van der Waals surface area contributed by atoms with Gasteiger partial charge in [0.15, 0.2) is 5.78 Å². The highest BCUT2D eigenvalue weighted by Gasteiger charge is 2.16. The van der Waals surface area contributed by atoms with Gasteiger partial charge in [-0.1, -0.05) is 6.07 Å². The van der Waals surface area contributed by atoms with E-state index in [0.29, 0.717) is 17.9 Å². The number of carbonyl (C=O) groups excluding carboxylic acids is 1. The maximum absolute atomic E-state index is 12.0. The van der Waals surface area contributed by atoms with Crippen LogP contribution in [0.2, 0.25) is 0 Å². The molecule has 0 amide bonds. The van der Waals surface area contributed by atoms with E-state index in [9.17, 15) is 4.79 Å². The number of Topliss-reactive ketones (excluding diaryl/α,β-unsaturated/α-hetero) is 1. The van der Waals surface area contributed by atoms with Crippen molar-refractivity contribution in [1.29, 1.82) is 0 Å². The number of alkyl halides is 1. The highest BCUT2D eigenvalue weighted by Crippen LogP contribution is 2.30. The summed E-state index contributed by atoms with van der Waals surface area (Å²) in [7, 11) is 3.52. The smallest absolute Gasteiger partial charge is 0.166 e. The van der Waals surface area contributed by atoms with E-state index < -0.39 is 0 Å². The largest absolute Gasteiger partial charge is 0.496 e. The molecule has 0 aliphatic heterocycles. The number of hydrogen-bond acceptors (Lipinski definition) is 2. The van der Waals surface area contributed by atoms with Crippen molar-refractivity contribution in [3.05, 3.63) is 30.0 Å². The Hall–Kier alpha value is -1.48. The number of aryl methyl sites for hydroxylation is 1. The molecule has 1 aromatic heterocycles. The van der Waals surface area contributed by atoms with Crippen molar-refractivity contribution in [3.63, 3.8) is 0 Å². The van der Waals surface area contributed by atoms with Crippen LogP contribution in [0.15, 0.2) is 24.4 Å². The number of aromatic nitrogens is 1. The minimum absolute atomic E-state index is 0.0510. The van der Waals surface area contributed by atoms with E-state index in [1.807, 2.05) is 36.0 Å². The van der Waals surface area contributed by atoms with Crippen LogP contribution in [0.5, 0.6) is 5.75 Å². The molecule has 0 fully saturated rings. The number of rotatable bonds is 4. The number of halogens is 1. The molecular formula is C13H14ClNO2. The van der Waals surface area contributed by atoms with Crippen LogP contribution in [0.4, 0.5) is 0 Å². The summed E-state index contributed by atoms with van der Waals surface area (Å²) in [5.74, 6) is 1.11. The third-order valence-corrected chi connectivity index (χ3v) is 3.01. The Kier molecular flexibility index (Phi) is 3.38. The molecule has 2 aromatic rings. The van der Waals surface area contributed by atoms with E-state index in [4.69, 9.17) is 16.3 Å². The first kappa shape index (κ1) is 12.0. The Morgan fingerprint density at radius 3 is 2.88 bits per heavy atom. The van der Waals surface area contributed by atoms with Crippen molar-refractivity contribution in [2.24, 2.45) is 7.05 Å². The molecule has 90 valence electrons. The van der Waals surface area contributed by atoms with Crippen LogP contribution in [0, 0.1) is 0 Å². The van der Waals surface area contributed by atoms with E-state index >= 15 is 0 Å². The van der Waals surface area contributed by atoms with Gasteiger partial charge in [-0.25, -0.2) is 0 Å². The molecule has 0 atom stereocenters. The Labute approximate surface area is 105 Å². The summed E-state index contributed by atoms with van der Waals surface area (Å²) in [5, 5.41) is 0.868. The van der Waals surface area contributed by atoms with Crippen LogP contribution < -0.4 is 4.74 Å². The zero-order valence-corrected chi connectivity index (χ0v) is 10.6. The topological polar surface area (TPSA) is 31.2 Å². The van der Waals surface area contributed by atoms with Gasteiger partial charge in [-0.3, -0.25) is 4.79 Å². The van der Waals surface area contributed by atoms with E-state index in [2.05, 4.69) is 0 Å². The fourth-order valence-electron chi connectivity index (χ4n) is 2.01. The van der Waals surface area contributed by atoms with Crippen LogP contribution in [0.3, 0.4) is 0 Å². The number of hydrogen-bond donors (Lipinski definition) is 0. The molecular weight excluding hydrogens is 238 g/mol. The molecule has 0 N–H and O–H groups in total. The maximum Gasteiger partial charge on any atom is 0.166 e. The maximum atomic E-state index is 12.0. The lowest BCUT2D eigenvalue weighted by molar-refractivity contribution is 0.0990. The first-order valence-electron chi connectivity index (χ1n) is 5.40. The van der Waals surface area contributed by atoms with E-state index in [0.717, 1.165) is 16.7 Å². The molecule has 2 rings (SSSR count). The minimum Gasteiger partial charge on any atom is -0.496 e. The second kappa shape index (κ2) is 4.80. The first-order valence-corrected chi connectivity index (χ1v) is 5.93. The lowest BCUT2D eigenvalue weighted by Crippen LogP contribution is -1.99. The molecule has 0 unspecified atom stereocenters. The second-order valence-electron chi connectivity index (χ2n) is 3.87. The molecule has 0 radical (unpaired) electrons. The monoisotopic (exact) mass is 251 g/mol. The number of fused-ring (bicyclic) bond motifs is 1. The zero-order chi connectivity index (χ0) is 12.4. The quantitative estimate of drug-likeness (QED) is 0.618. The Balaban J connectivity index is 2.67. The average molecular weight is 252 g/mol. The average Bonchev–Trinajstić information content (AvgIpc) is 2.67. The molecule has 1 heterocycles. The van der Waals surface area contributed by atoms with E-state index in [1.54, 1.807) is 7.11 Å². The van der Waals surface area contributed by atoms with Gasteiger partial charge in [-0.15, -0.1) is 11.6 Å². The molecule has 0 saturated carbocycles. The van der Waals surface area contributed by atoms with Gasteiger partial charge in [0.05, 0.1) is 18.0 Å². The Bertz CT molecular complexity index is 560. The van der Waals surface area contributed by atoms with Gasteiger partial charge in [0.2, 0.25) is 0 Å². The van der Waals surface area contributed by atoms with Crippen molar-refractivity contribution < 1.29 is 9.53 Å². The van der Waals surface area contributed by atoms with Gasteiger partial charge in [-0.05, 0) is 12.1 Å². The van der Waals surface area contributed by atoms with Crippen molar-refractivity contribution in [3.8, 4) is 5.75 Å². The Morgan fingerprint density at radius 2 is 2.24 bits per heavy atom. The number of nitrogens with zero attached hydrogens (tertiary/aromatic N) is 1. The number of ether oxygens (including phenoxy) is 1. The molecule has 0 aliphatic carbocycles. The van der Waals surface area contributed by atoms with E-state index in [1.165, 1.54) is 0 Å². The molecule has 1 aromatic carbocycles. The SMILES string of the molecule is COc1cccc2c1c(C(=O)CCCl)cn2C. The van der Waals surface area contributed by atoms with Gasteiger partial charge in [0.25, 0.3) is 0 Å². The van der Waals surface area contributed by atoms with Gasteiger partial charge in [-0.2, -0.15) is 0 Å². The summed E-state index contributed by atoms with van der Waals surface area (Å²) >= 11 is 5.62. The molecule has 4 heteroatoms. The van der Waals surface area contributed by atoms with Crippen molar-refractivity contribution in [2.45, 2.75) is 6.42 Å². The standard InChI is InChI=1S/C13H14ClNO2/c1-15-8-9(11(16)6-7-14)13-10(15)4-3-5-12(13)17-2/h3-5,8H,6-7H2,1-2H3. The Morgan fingerprint density at radius 1 is 1.47 bits per heavy atom. The number of methoxy groups -OCH3 is 1. The van der Waals surface area contributed by atoms with Crippen LogP contribution >= 0.6 is 11.6 Å². The zero-order valence-electron chi connectivity index (χ0n) is 9.87. The molecule has 0 spiro atoms. The van der Waals surface area contributed by atoms with Crippen molar-refractivity contribution >= 4 is 28.3 Å². The summed E-state index contributed by atoms with van der Waals surface area (Å²) in [4.78, 5) is 12.0. The summed E-state index contributed by atoms with van der Waals surface area (Å²) in [6.07, 6.45) is 2.18. The molecule has 0 bridgehead atoms. The van der Waals surface area contributed by atoms with Gasteiger partial charge < -0.3 is 9.30 Å². The summed E-state index contributed by atoms with van der Waals surface area (Å²) in [5.41, 5.74) is 1.67. The highest BCUT2D eigenvalue weighted by atomic mass is 35.5. The second-order valence-corrected chi connectivity index (χ2v) is 4.25. The lowest BCUT2D eigenvalue weighted by atomic mass is 10.1. The van der Waals surface area contributed by atoms with E-state index in [-0.39, 0.29) is 5.78 Å². The van der Waals surface area contributed by atoms with Gasteiger partial charge >= 0.3 is 0 Å². The van der Waals surface area contributed by atoms with Crippen molar-refractivity contribution in [1.82, 2.24) is 4.57 Å². The van der Waals surface area contributed by atoms with Crippen LogP contribution in [0.25, 0.3) is 10.9 Å². The van der Waals surface area contributed by atoms with Crippen molar-refractivity contribution in [2.75, 3.05) is 13.0 Å². The van der Waals surface area contributed by atoms with Crippen LogP contribution in [-0.4, -0.2) is 23.3 Å². The summed E-state index contributed by atoms with van der Waals surface area (Å²) in [6.45, 7) is 0. The number of ketones is 1. The fraction of sp³-hybridized carbons (Fsp3) is 0.308. The van der Waals surface area contributed by atoms with Gasteiger partial charge in [0.1, 0.15) is 5.75 Å². The number of carbonyl (C=O) groups is 1. The lowest BCUT2D eigenvalue weighted by Gasteiger charge is -2.04. The number of benzene rings is 1. The summed E-state index contributed by atoms with van der Waals surface area (Å²) in [6, 6.07) is 5.74. The molecule has 3 nitrogen and oxygen atoms in total. The van der Waals surface area contributed by atoms with Crippen LogP contribution in [-0.2, 0) is 7.05 Å². The molecule has 0 saturated heterocycles. The third kappa shape index (κ3) is 2.03. The molecule has 17 heavy (non-hydrogen) atoms. The normalized spacial score (nSPS) is 10.8. The minimum atomic E-state index is 0.0510.